The third-order valence-corrected chi connectivity index (χ3v) is 3.77. The van der Waals surface area contributed by atoms with Crippen molar-refractivity contribution in [2.45, 2.75) is 50.9 Å². The molecule has 0 saturated carbocycles. The summed E-state index contributed by atoms with van der Waals surface area (Å²) in [5.41, 5.74) is 0. The van der Waals surface area contributed by atoms with Crippen LogP contribution in [0.25, 0.3) is 0 Å². The van der Waals surface area contributed by atoms with E-state index >= 15 is 0 Å². The van der Waals surface area contributed by atoms with Crippen LogP contribution in [0.1, 0.15) is 26.7 Å². The minimum atomic E-state index is -1.05. The maximum absolute atomic E-state index is 12.6. The predicted molar refractivity (Wildman–Crippen MR) is 72.8 cm³/mol. The number of nitrogens with zero attached hydrogens (tertiary/aromatic N) is 1. The molecule has 0 aromatic heterocycles. The number of ether oxygens (including phenoxy) is 2. The number of carboxylic acids is 1. The second-order valence-electron chi connectivity index (χ2n) is 5.08. The summed E-state index contributed by atoms with van der Waals surface area (Å²) in [6.45, 7) is 3.41. The number of carbonyl (C=O) groups excluding carboxylic acids is 2. The minimum absolute atomic E-state index is 0.204. The number of likely N-dealkylation sites (tertiary alicyclic amines) is 1. The number of carboxylic acid groups (broad SMARTS) is 1. The van der Waals surface area contributed by atoms with Crippen LogP contribution in [0.3, 0.4) is 0 Å². The molecule has 4 atom stereocenters. The number of aliphatic carboxylic acids is 1. The molecule has 8 heteroatoms. The Labute approximate surface area is 123 Å². The third-order valence-electron chi connectivity index (χ3n) is 3.77. The van der Waals surface area contributed by atoms with Crippen molar-refractivity contribution >= 4 is 18.0 Å². The van der Waals surface area contributed by atoms with E-state index in [4.69, 9.17) is 4.74 Å². The molecule has 0 unspecified atom stereocenters. The van der Waals surface area contributed by atoms with Gasteiger partial charge in [-0.25, -0.2) is 9.59 Å². The van der Waals surface area contributed by atoms with Gasteiger partial charge in [0.25, 0.3) is 0 Å². The zero-order valence-corrected chi connectivity index (χ0v) is 12.7. The lowest BCUT2D eigenvalue weighted by molar-refractivity contribution is -0.151. The molecule has 21 heavy (non-hydrogen) atoms. The van der Waals surface area contributed by atoms with Gasteiger partial charge in [-0.3, -0.25) is 4.79 Å². The zero-order valence-electron chi connectivity index (χ0n) is 12.7. The maximum Gasteiger partial charge on any atom is 0.407 e. The molecule has 1 saturated heterocycles. The number of nitrogens with one attached hydrogen (secondary N) is 1. The largest absolute Gasteiger partial charge is 0.480 e. The Balaban J connectivity index is 2.97. The molecule has 0 bridgehead atoms. The third kappa shape index (κ3) is 3.84. The Hall–Kier alpha value is -1.83. The van der Waals surface area contributed by atoms with E-state index < -0.39 is 36.2 Å². The number of carbonyl (C=O) groups is 3. The van der Waals surface area contributed by atoms with Gasteiger partial charge in [0.1, 0.15) is 12.1 Å². The highest BCUT2D eigenvalue weighted by atomic mass is 16.5. The van der Waals surface area contributed by atoms with Gasteiger partial charge >= 0.3 is 12.1 Å². The van der Waals surface area contributed by atoms with E-state index in [1.54, 1.807) is 13.8 Å². The first-order chi connectivity index (χ1) is 9.83. The summed E-state index contributed by atoms with van der Waals surface area (Å²) in [6, 6.07) is -2.08. The molecule has 1 fully saturated rings. The van der Waals surface area contributed by atoms with Crippen molar-refractivity contribution in [3.63, 3.8) is 0 Å². The summed E-state index contributed by atoms with van der Waals surface area (Å²) in [5, 5.41) is 11.6. The van der Waals surface area contributed by atoms with Crippen molar-refractivity contribution in [1.82, 2.24) is 10.2 Å². The van der Waals surface area contributed by atoms with Crippen molar-refractivity contribution < 1.29 is 29.0 Å². The van der Waals surface area contributed by atoms with Crippen molar-refractivity contribution in [3.05, 3.63) is 0 Å². The van der Waals surface area contributed by atoms with Gasteiger partial charge in [0.15, 0.2) is 0 Å². The highest BCUT2D eigenvalue weighted by molar-refractivity contribution is 5.90. The highest BCUT2D eigenvalue weighted by Gasteiger charge is 2.43. The van der Waals surface area contributed by atoms with E-state index in [0.717, 1.165) is 0 Å². The van der Waals surface area contributed by atoms with Gasteiger partial charge in [-0.1, -0.05) is 0 Å². The first-order valence-corrected chi connectivity index (χ1v) is 6.75. The molecule has 8 nitrogen and oxygen atoms in total. The van der Waals surface area contributed by atoms with E-state index in [1.807, 2.05) is 0 Å². The molecule has 1 heterocycles. The van der Waals surface area contributed by atoms with Crippen molar-refractivity contribution in [3.8, 4) is 0 Å². The molecule has 2 amide bonds. The second kappa shape index (κ2) is 7.26. The number of methoxy groups -OCH3 is 2. The smallest absolute Gasteiger partial charge is 0.407 e. The summed E-state index contributed by atoms with van der Waals surface area (Å²) in [4.78, 5) is 36.6. The molecule has 120 valence electrons. The lowest BCUT2D eigenvalue weighted by Crippen LogP contribution is -2.57. The van der Waals surface area contributed by atoms with E-state index in [-0.39, 0.29) is 6.04 Å². The highest BCUT2D eigenvalue weighted by Crippen LogP contribution is 2.25. The summed E-state index contributed by atoms with van der Waals surface area (Å²) in [6.07, 6.45) is -0.376. The van der Waals surface area contributed by atoms with Crippen LogP contribution < -0.4 is 5.32 Å². The Morgan fingerprint density at radius 2 is 1.90 bits per heavy atom. The van der Waals surface area contributed by atoms with Gasteiger partial charge in [-0.05, 0) is 26.7 Å². The monoisotopic (exact) mass is 302 g/mol. The van der Waals surface area contributed by atoms with Crippen LogP contribution in [0, 0.1) is 0 Å². The molecule has 0 spiro atoms. The van der Waals surface area contributed by atoms with Crippen LogP contribution in [0.2, 0.25) is 0 Å². The number of rotatable bonds is 5. The van der Waals surface area contributed by atoms with Crippen molar-refractivity contribution in [1.29, 1.82) is 0 Å². The summed E-state index contributed by atoms with van der Waals surface area (Å²) in [7, 11) is 2.60. The van der Waals surface area contributed by atoms with Crippen LogP contribution in [0.15, 0.2) is 0 Å². The van der Waals surface area contributed by atoms with E-state index in [0.29, 0.717) is 12.8 Å². The quantitative estimate of drug-likeness (QED) is 0.752. The zero-order chi connectivity index (χ0) is 16.2. The fraction of sp³-hybridized carbons (Fsp3) is 0.769. The SMILES string of the molecule is COC(=O)N[C@H](C(=O)N1[C@@H](C)CC[C@H]1C(=O)O)[C@@H](C)OC. The lowest BCUT2D eigenvalue weighted by atomic mass is 10.1. The van der Waals surface area contributed by atoms with Gasteiger partial charge in [0.05, 0.1) is 13.2 Å². The van der Waals surface area contributed by atoms with Crippen LogP contribution in [0.4, 0.5) is 4.79 Å². The van der Waals surface area contributed by atoms with Gasteiger partial charge in [0.2, 0.25) is 5.91 Å². The Morgan fingerprint density at radius 1 is 1.29 bits per heavy atom. The molecule has 0 aliphatic carbocycles. The molecule has 1 aliphatic rings. The number of amides is 2. The molecular formula is C13H22N2O6. The van der Waals surface area contributed by atoms with Gasteiger partial charge in [0, 0.05) is 13.2 Å². The van der Waals surface area contributed by atoms with E-state index in [2.05, 4.69) is 10.1 Å². The second-order valence-corrected chi connectivity index (χ2v) is 5.08. The van der Waals surface area contributed by atoms with Crippen LogP contribution in [-0.4, -0.2) is 66.4 Å². The van der Waals surface area contributed by atoms with Gasteiger partial charge < -0.3 is 24.8 Å². The topological polar surface area (TPSA) is 105 Å². The fourth-order valence-corrected chi connectivity index (χ4v) is 2.46. The Morgan fingerprint density at radius 3 is 2.38 bits per heavy atom. The van der Waals surface area contributed by atoms with E-state index in [9.17, 15) is 19.5 Å². The standard InChI is InChI=1S/C13H22N2O6/c1-7-5-6-9(12(17)18)15(7)11(16)10(8(2)20-3)14-13(19)21-4/h7-10H,5-6H2,1-4H3,(H,14,19)(H,17,18)/t7-,8+,9-,10-/m0/s1. The summed E-state index contributed by atoms with van der Waals surface area (Å²) in [5.74, 6) is -1.53. The molecule has 0 aromatic carbocycles. The lowest BCUT2D eigenvalue weighted by Gasteiger charge is -2.32. The minimum Gasteiger partial charge on any atom is -0.480 e. The molecule has 0 radical (unpaired) electrons. The van der Waals surface area contributed by atoms with E-state index in [1.165, 1.54) is 19.1 Å². The van der Waals surface area contributed by atoms with Crippen molar-refractivity contribution in [2.75, 3.05) is 14.2 Å². The van der Waals surface area contributed by atoms with Crippen molar-refractivity contribution in [2.24, 2.45) is 0 Å². The number of hydrogen-bond acceptors (Lipinski definition) is 5. The number of hydrogen-bond donors (Lipinski definition) is 2. The Kier molecular flexibility index (Phi) is 5.95. The maximum atomic E-state index is 12.6. The van der Waals surface area contributed by atoms with Gasteiger partial charge in [-0.15, -0.1) is 0 Å². The normalized spacial score (nSPS) is 24.3. The molecular weight excluding hydrogens is 280 g/mol. The molecule has 1 aliphatic heterocycles. The first kappa shape index (κ1) is 17.2. The van der Waals surface area contributed by atoms with Crippen LogP contribution >= 0.6 is 0 Å². The molecule has 2 N–H and O–H groups in total. The average molecular weight is 302 g/mol. The number of alkyl carbamates (subject to hydrolysis) is 1. The Bertz CT molecular complexity index is 413. The summed E-state index contributed by atoms with van der Waals surface area (Å²) >= 11 is 0. The van der Waals surface area contributed by atoms with Gasteiger partial charge in [-0.2, -0.15) is 0 Å². The van der Waals surface area contributed by atoms with Crippen LogP contribution in [0.5, 0.6) is 0 Å². The average Bonchev–Trinajstić information content (AvgIpc) is 2.84. The first-order valence-electron chi connectivity index (χ1n) is 6.75. The predicted octanol–water partition coefficient (Wildman–Crippen LogP) is 0.210. The molecule has 0 aromatic rings. The molecule has 1 rings (SSSR count). The summed E-state index contributed by atoms with van der Waals surface area (Å²) < 4.78 is 9.60. The fourth-order valence-electron chi connectivity index (χ4n) is 2.46. The van der Waals surface area contributed by atoms with Crippen LogP contribution in [-0.2, 0) is 19.1 Å².